The lowest BCUT2D eigenvalue weighted by Crippen LogP contribution is -2.03. The fourth-order valence-corrected chi connectivity index (χ4v) is 3.21. The van der Waals surface area contributed by atoms with Crippen LogP contribution in [-0.4, -0.2) is 9.55 Å². The van der Waals surface area contributed by atoms with E-state index in [1.807, 2.05) is 86.1 Å². The van der Waals surface area contributed by atoms with Crippen LogP contribution in [0.1, 0.15) is 17.0 Å². The second-order valence-electron chi connectivity index (χ2n) is 6.91. The van der Waals surface area contributed by atoms with Gasteiger partial charge in [-0.2, -0.15) is 0 Å². The summed E-state index contributed by atoms with van der Waals surface area (Å²) in [5, 5.41) is 0. The van der Waals surface area contributed by atoms with Gasteiger partial charge in [0.05, 0.1) is 11.0 Å². The van der Waals surface area contributed by atoms with E-state index < -0.39 is 0 Å². The van der Waals surface area contributed by atoms with E-state index >= 15 is 0 Å². The molecule has 30 heavy (non-hydrogen) atoms. The minimum absolute atomic E-state index is 0. The minimum Gasteiger partial charge on any atom is -0.486 e. The summed E-state index contributed by atoms with van der Waals surface area (Å²) in [5.41, 5.74) is 10.8. The molecule has 5 nitrogen and oxygen atoms in total. The number of aryl methyl sites for hydroxylation is 3. The van der Waals surface area contributed by atoms with Gasteiger partial charge in [0.15, 0.2) is 0 Å². The summed E-state index contributed by atoms with van der Waals surface area (Å²) in [6, 6.07) is 19.5. The van der Waals surface area contributed by atoms with Gasteiger partial charge in [0.2, 0.25) is 0 Å². The van der Waals surface area contributed by atoms with Crippen molar-refractivity contribution in [1.82, 2.24) is 9.55 Å². The summed E-state index contributed by atoms with van der Waals surface area (Å²) in [6.45, 7) is 4.37. The average Bonchev–Trinajstić information content (AvgIpc) is 3.01. The molecule has 7 heteroatoms. The normalized spacial score (nSPS) is 10.2. The monoisotopic (exact) mass is 445 g/mol. The molecule has 4 rings (SSSR count). The lowest BCUT2D eigenvalue weighted by Gasteiger charge is -2.11. The number of anilines is 1. The number of halogens is 2. The van der Waals surface area contributed by atoms with Gasteiger partial charge in [-0.25, -0.2) is 4.98 Å². The molecule has 0 aliphatic carbocycles. The minimum atomic E-state index is 0. The molecular weight excluding hydrogens is 421 g/mol. The van der Waals surface area contributed by atoms with Crippen LogP contribution in [0.4, 0.5) is 5.69 Å². The molecule has 0 fully saturated rings. The smallest absolute Gasteiger partial charge is 0.147 e. The number of para-hydroxylation sites is 1. The van der Waals surface area contributed by atoms with E-state index in [0.29, 0.717) is 6.61 Å². The van der Waals surface area contributed by atoms with Crippen molar-refractivity contribution < 1.29 is 9.47 Å². The van der Waals surface area contributed by atoms with Crippen LogP contribution in [0.25, 0.3) is 11.0 Å². The third-order valence-corrected chi connectivity index (χ3v) is 4.86. The van der Waals surface area contributed by atoms with Crippen LogP contribution in [0.3, 0.4) is 0 Å². The Morgan fingerprint density at radius 1 is 0.867 bits per heavy atom. The first-order valence-electron chi connectivity index (χ1n) is 9.19. The van der Waals surface area contributed by atoms with Crippen LogP contribution < -0.4 is 15.2 Å². The summed E-state index contributed by atoms with van der Waals surface area (Å²) >= 11 is 0. The Morgan fingerprint density at radius 3 is 2.20 bits per heavy atom. The molecule has 0 radical (unpaired) electrons. The second kappa shape index (κ2) is 9.74. The first-order chi connectivity index (χ1) is 13.5. The maximum absolute atomic E-state index is 6.07. The summed E-state index contributed by atoms with van der Waals surface area (Å²) in [4.78, 5) is 4.68. The summed E-state index contributed by atoms with van der Waals surface area (Å²) in [6.07, 6.45) is 0. The summed E-state index contributed by atoms with van der Waals surface area (Å²) < 4.78 is 13.9. The van der Waals surface area contributed by atoms with Crippen molar-refractivity contribution in [3.8, 4) is 17.2 Å². The van der Waals surface area contributed by atoms with Gasteiger partial charge in [-0.1, -0.05) is 18.2 Å². The van der Waals surface area contributed by atoms with E-state index in [2.05, 4.69) is 4.98 Å². The number of benzene rings is 3. The van der Waals surface area contributed by atoms with Gasteiger partial charge in [0.1, 0.15) is 29.7 Å². The fraction of sp³-hybridized carbons (Fsp3) is 0.174. The summed E-state index contributed by atoms with van der Waals surface area (Å²) in [5.74, 6) is 3.22. The lowest BCUT2D eigenvalue weighted by atomic mass is 10.1. The van der Waals surface area contributed by atoms with Crippen LogP contribution in [0.2, 0.25) is 0 Å². The molecule has 0 saturated heterocycles. The maximum Gasteiger partial charge on any atom is 0.147 e. The Balaban J connectivity index is 0.00000160. The van der Waals surface area contributed by atoms with E-state index in [0.717, 1.165) is 50.9 Å². The van der Waals surface area contributed by atoms with Crippen molar-refractivity contribution in [2.45, 2.75) is 20.5 Å². The Bertz CT molecular complexity index is 1120. The highest BCUT2D eigenvalue weighted by Gasteiger charge is 2.11. The van der Waals surface area contributed by atoms with Crippen molar-refractivity contribution in [2.75, 3.05) is 5.73 Å². The van der Waals surface area contributed by atoms with Crippen LogP contribution in [0.15, 0.2) is 60.7 Å². The average molecular weight is 446 g/mol. The Labute approximate surface area is 188 Å². The van der Waals surface area contributed by atoms with E-state index in [9.17, 15) is 0 Å². The highest BCUT2D eigenvalue weighted by Crippen LogP contribution is 2.30. The van der Waals surface area contributed by atoms with Crippen molar-refractivity contribution in [2.24, 2.45) is 7.05 Å². The molecule has 4 aromatic rings. The Morgan fingerprint density at radius 2 is 1.53 bits per heavy atom. The molecule has 1 aromatic heterocycles. The molecule has 1 heterocycles. The molecular formula is C23H25Cl2N3O2. The third-order valence-electron chi connectivity index (χ3n) is 4.86. The highest BCUT2D eigenvalue weighted by atomic mass is 35.5. The number of nitrogens with two attached hydrogens (primary N) is 1. The zero-order valence-corrected chi connectivity index (χ0v) is 18.7. The quantitative estimate of drug-likeness (QED) is 0.383. The number of ether oxygens (including phenoxy) is 2. The predicted molar refractivity (Wildman–Crippen MR) is 126 cm³/mol. The number of rotatable bonds is 5. The van der Waals surface area contributed by atoms with E-state index in [1.54, 1.807) is 0 Å². The number of hydrogen-bond donors (Lipinski definition) is 1. The van der Waals surface area contributed by atoms with E-state index in [-0.39, 0.29) is 24.8 Å². The SMILES string of the molecule is Cc1cc(Oc2ccc3nc(COc4ccccc4)n(C)c3c2)cc(C)c1N.Cl.Cl. The van der Waals surface area contributed by atoms with E-state index in [4.69, 9.17) is 15.2 Å². The molecule has 0 atom stereocenters. The van der Waals surface area contributed by atoms with Gasteiger partial charge in [-0.05, 0) is 61.4 Å². The maximum atomic E-state index is 6.07. The van der Waals surface area contributed by atoms with Gasteiger partial charge < -0.3 is 19.8 Å². The van der Waals surface area contributed by atoms with Crippen molar-refractivity contribution in [3.63, 3.8) is 0 Å². The van der Waals surface area contributed by atoms with Crippen LogP contribution in [-0.2, 0) is 13.7 Å². The van der Waals surface area contributed by atoms with Gasteiger partial charge in [0, 0.05) is 18.8 Å². The van der Waals surface area contributed by atoms with Crippen LogP contribution in [0, 0.1) is 13.8 Å². The molecule has 0 aliphatic heterocycles. The first kappa shape index (κ1) is 23.4. The van der Waals surface area contributed by atoms with Crippen LogP contribution >= 0.6 is 24.8 Å². The van der Waals surface area contributed by atoms with Crippen molar-refractivity contribution in [1.29, 1.82) is 0 Å². The highest BCUT2D eigenvalue weighted by molar-refractivity contribution is 5.85. The zero-order chi connectivity index (χ0) is 19.7. The molecule has 158 valence electrons. The number of hydrogen-bond acceptors (Lipinski definition) is 4. The molecule has 0 amide bonds. The molecule has 0 saturated carbocycles. The standard InChI is InChI=1S/C23H23N3O2.2ClH/c1-15-11-19(12-16(2)23(15)24)28-18-9-10-20-21(13-18)26(3)22(25-20)14-27-17-7-5-4-6-8-17;;/h4-13H,14,24H2,1-3H3;2*1H. The Hall–Kier alpha value is -2.89. The van der Waals surface area contributed by atoms with Gasteiger partial charge >= 0.3 is 0 Å². The topological polar surface area (TPSA) is 62.3 Å². The van der Waals surface area contributed by atoms with Crippen molar-refractivity contribution in [3.05, 3.63) is 77.6 Å². The molecule has 3 aromatic carbocycles. The fourth-order valence-electron chi connectivity index (χ4n) is 3.21. The van der Waals surface area contributed by atoms with Gasteiger partial charge in [0.25, 0.3) is 0 Å². The van der Waals surface area contributed by atoms with Crippen LogP contribution in [0.5, 0.6) is 17.2 Å². The third kappa shape index (κ3) is 4.81. The number of nitrogen functional groups attached to an aromatic ring is 1. The molecule has 0 aliphatic rings. The molecule has 2 N–H and O–H groups in total. The van der Waals surface area contributed by atoms with Gasteiger partial charge in [-0.15, -0.1) is 24.8 Å². The van der Waals surface area contributed by atoms with E-state index in [1.165, 1.54) is 0 Å². The number of nitrogens with zero attached hydrogens (tertiary/aromatic N) is 2. The van der Waals surface area contributed by atoms with Gasteiger partial charge in [-0.3, -0.25) is 0 Å². The lowest BCUT2D eigenvalue weighted by molar-refractivity contribution is 0.292. The first-order valence-corrected chi connectivity index (χ1v) is 9.19. The zero-order valence-electron chi connectivity index (χ0n) is 17.1. The molecule has 0 spiro atoms. The molecule has 0 unspecified atom stereocenters. The number of imidazole rings is 1. The molecule has 0 bridgehead atoms. The summed E-state index contributed by atoms with van der Waals surface area (Å²) in [7, 11) is 1.99. The van der Waals surface area contributed by atoms with Crippen molar-refractivity contribution >= 4 is 41.5 Å². The largest absolute Gasteiger partial charge is 0.486 e. The Kier molecular flexibility index (Phi) is 7.59. The second-order valence-corrected chi connectivity index (χ2v) is 6.91. The number of aromatic nitrogens is 2. The predicted octanol–water partition coefficient (Wildman–Crippen LogP) is 5.99. The number of fused-ring (bicyclic) bond motifs is 1.